The van der Waals surface area contributed by atoms with Crippen molar-refractivity contribution in [3.05, 3.63) is 22.6 Å². The predicted octanol–water partition coefficient (Wildman–Crippen LogP) is 3.78. The van der Waals surface area contributed by atoms with Gasteiger partial charge in [-0.2, -0.15) is 0 Å². The third kappa shape index (κ3) is 2.52. The number of aromatic carboxylic acids is 1. The van der Waals surface area contributed by atoms with Crippen molar-refractivity contribution < 1.29 is 27.9 Å². The molecule has 1 saturated carbocycles. The molecule has 4 nitrogen and oxygen atoms in total. The van der Waals surface area contributed by atoms with Gasteiger partial charge in [0, 0.05) is 5.92 Å². The molecular formula is C13H14F2O4. The molecule has 0 atom stereocenters. The van der Waals surface area contributed by atoms with E-state index in [0.29, 0.717) is 12.8 Å². The number of halogens is 2. The summed E-state index contributed by atoms with van der Waals surface area (Å²) < 4.78 is 30.6. The molecule has 0 spiro atoms. The van der Waals surface area contributed by atoms with Gasteiger partial charge in [0.25, 0.3) is 6.43 Å². The fraction of sp³-hybridized carbons (Fsp3) is 0.538. The zero-order valence-corrected chi connectivity index (χ0v) is 10.2. The van der Waals surface area contributed by atoms with E-state index in [1.54, 1.807) is 0 Å². The van der Waals surface area contributed by atoms with Crippen LogP contribution in [0.4, 0.5) is 8.78 Å². The second-order valence-corrected chi connectivity index (χ2v) is 4.68. The van der Waals surface area contributed by atoms with E-state index in [2.05, 4.69) is 0 Å². The van der Waals surface area contributed by atoms with E-state index in [0.717, 1.165) is 19.3 Å². The molecule has 0 radical (unpaired) electrons. The maximum atomic E-state index is 12.8. The molecule has 1 heterocycles. The highest BCUT2D eigenvalue weighted by Gasteiger charge is 2.33. The molecule has 0 bridgehead atoms. The molecule has 0 saturated heterocycles. The number of carbonyl (C=O) groups excluding carboxylic acids is 1. The lowest BCUT2D eigenvalue weighted by atomic mass is 9.85. The van der Waals surface area contributed by atoms with Crippen LogP contribution in [0.2, 0.25) is 0 Å². The van der Waals surface area contributed by atoms with Crippen molar-refractivity contribution in [2.45, 2.75) is 44.4 Å². The monoisotopic (exact) mass is 272 g/mol. The second-order valence-electron chi connectivity index (χ2n) is 4.68. The number of carbonyl (C=O) groups is 2. The van der Waals surface area contributed by atoms with Crippen molar-refractivity contribution in [1.29, 1.82) is 0 Å². The number of aldehydes is 1. The Labute approximate surface area is 108 Å². The van der Waals surface area contributed by atoms with Crippen molar-refractivity contribution in [1.82, 2.24) is 0 Å². The van der Waals surface area contributed by atoms with Gasteiger partial charge < -0.3 is 9.52 Å². The van der Waals surface area contributed by atoms with E-state index in [1.165, 1.54) is 0 Å². The van der Waals surface area contributed by atoms with Crippen molar-refractivity contribution in [3.63, 3.8) is 0 Å². The molecule has 2 rings (SSSR count). The zero-order valence-electron chi connectivity index (χ0n) is 10.2. The van der Waals surface area contributed by atoms with E-state index in [1.807, 2.05) is 0 Å². The van der Waals surface area contributed by atoms with Crippen LogP contribution in [0.1, 0.15) is 76.7 Å². The van der Waals surface area contributed by atoms with Gasteiger partial charge in [-0.15, -0.1) is 0 Å². The number of alkyl halides is 2. The first-order valence-corrected chi connectivity index (χ1v) is 6.19. The molecule has 1 N–H and O–H groups in total. The van der Waals surface area contributed by atoms with Crippen molar-refractivity contribution in [3.8, 4) is 0 Å². The molecule has 0 aromatic carbocycles. The molecule has 0 aliphatic heterocycles. The normalized spacial score (nSPS) is 16.8. The number of carboxylic acids is 1. The summed E-state index contributed by atoms with van der Waals surface area (Å²) in [6.45, 7) is 0. The first kappa shape index (κ1) is 13.7. The Bertz CT molecular complexity index is 487. The highest BCUT2D eigenvalue weighted by atomic mass is 19.3. The van der Waals surface area contributed by atoms with Crippen LogP contribution in [-0.2, 0) is 0 Å². The van der Waals surface area contributed by atoms with Crippen molar-refractivity contribution >= 4 is 12.3 Å². The van der Waals surface area contributed by atoms with Gasteiger partial charge in [-0.05, 0) is 12.8 Å². The molecule has 6 heteroatoms. The lowest BCUT2D eigenvalue weighted by Crippen LogP contribution is -2.09. The molecule has 19 heavy (non-hydrogen) atoms. The van der Waals surface area contributed by atoms with Crippen LogP contribution in [0.25, 0.3) is 0 Å². The summed E-state index contributed by atoms with van der Waals surface area (Å²) in [5.74, 6) is -2.37. The molecule has 104 valence electrons. The summed E-state index contributed by atoms with van der Waals surface area (Å²) in [6.07, 6.45) is 1.41. The third-order valence-electron chi connectivity index (χ3n) is 3.51. The van der Waals surface area contributed by atoms with Crippen LogP contribution in [-0.4, -0.2) is 17.4 Å². The molecule has 1 aliphatic rings. The average molecular weight is 272 g/mol. The van der Waals surface area contributed by atoms with Gasteiger partial charge in [-0.1, -0.05) is 19.3 Å². The van der Waals surface area contributed by atoms with Gasteiger partial charge in [0.2, 0.25) is 0 Å². The number of hydrogen-bond acceptors (Lipinski definition) is 3. The Balaban J connectivity index is 2.52. The first-order valence-electron chi connectivity index (χ1n) is 6.19. The molecule has 1 aromatic heterocycles. The lowest BCUT2D eigenvalue weighted by molar-refractivity contribution is 0.0690. The maximum absolute atomic E-state index is 12.8. The molecular weight excluding hydrogens is 258 g/mol. The average Bonchev–Trinajstić information content (AvgIpc) is 2.79. The maximum Gasteiger partial charge on any atom is 0.340 e. The topological polar surface area (TPSA) is 67.5 Å². The van der Waals surface area contributed by atoms with Gasteiger partial charge in [0.15, 0.2) is 12.0 Å². The number of rotatable bonds is 4. The van der Waals surface area contributed by atoms with Crippen LogP contribution >= 0.6 is 0 Å². The largest absolute Gasteiger partial charge is 0.478 e. The van der Waals surface area contributed by atoms with Gasteiger partial charge in [0.05, 0.1) is 5.56 Å². The Morgan fingerprint density at radius 3 is 2.42 bits per heavy atom. The molecule has 1 aromatic rings. The van der Waals surface area contributed by atoms with Crippen LogP contribution in [0.5, 0.6) is 0 Å². The SMILES string of the molecule is O=Cc1c(C(F)F)oc(C2CCCCC2)c1C(=O)O. The summed E-state index contributed by atoms with van der Waals surface area (Å²) in [4.78, 5) is 22.1. The van der Waals surface area contributed by atoms with Gasteiger partial charge in [-0.3, -0.25) is 4.79 Å². The Kier molecular flexibility index (Phi) is 3.97. The van der Waals surface area contributed by atoms with Gasteiger partial charge in [-0.25, -0.2) is 13.6 Å². The second kappa shape index (κ2) is 5.50. The standard InChI is InChI=1S/C13H14F2O4/c14-12(15)11-8(6-16)9(13(17)18)10(19-11)7-4-2-1-3-5-7/h6-7,12H,1-5H2,(H,17,18). The summed E-state index contributed by atoms with van der Waals surface area (Å²) in [6, 6.07) is 0. The van der Waals surface area contributed by atoms with Crippen molar-refractivity contribution in [2.24, 2.45) is 0 Å². The number of furan rings is 1. The summed E-state index contributed by atoms with van der Waals surface area (Å²) in [5, 5.41) is 9.14. The lowest BCUT2D eigenvalue weighted by Gasteiger charge is -2.20. The van der Waals surface area contributed by atoms with Crippen LogP contribution in [0.3, 0.4) is 0 Å². The molecule has 0 unspecified atom stereocenters. The zero-order chi connectivity index (χ0) is 14.0. The highest BCUT2D eigenvalue weighted by Crippen LogP contribution is 2.39. The fourth-order valence-corrected chi connectivity index (χ4v) is 2.63. The summed E-state index contributed by atoms with van der Waals surface area (Å²) in [5.41, 5.74) is -0.916. The van der Waals surface area contributed by atoms with E-state index < -0.39 is 29.3 Å². The summed E-state index contributed by atoms with van der Waals surface area (Å²) >= 11 is 0. The Morgan fingerprint density at radius 1 is 1.32 bits per heavy atom. The first-order chi connectivity index (χ1) is 9.06. The van der Waals surface area contributed by atoms with Crippen LogP contribution in [0, 0.1) is 0 Å². The minimum absolute atomic E-state index is 0.0320. The summed E-state index contributed by atoms with van der Waals surface area (Å²) in [7, 11) is 0. The van der Waals surface area contributed by atoms with Gasteiger partial charge >= 0.3 is 5.97 Å². The van der Waals surface area contributed by atoms with Crippen LogP contribution in [0.15, 0.2) is 4.42 Å². The Morgan fingerprint density at radius 2 is 1.95 bits per heavy atom. The van der Waals surface area contributed by atoms with Crippen molar-refractivity contribution in [2.75, 3.05) is 0 Å². The number of carboxylic acid groups (broad SMARTS) is 1. The fourth-order valence-electron chi connectivity index (χ4n) is 2.63. The molecule has 1 fully saturated rings. The smallest absolute Gasteiger partial charge is 0.340 e. The Hall–Kier alpha value is -1.72. The predicted molar refractivity (Wildman–Crippen MR) is 61.8 cm³/mol. The number of hydrogen-bond donors (Lipinski definition) is 1. The van der Waals surface area contributed by atoms with Gasteiger partial charge in [0.1, 0.15) is 11.3 Å². The van der Waals surface area contributed by atoms with E-state index in [4.69, 9.17) is 9.52 Å². The molecule has 0 amide bonds. The van der Waals surface area contributed by atoms with Crippen LogP contribution < -0.4 is 0 Å². The quantitative estimate of drug-likeness (QED) is 0.847. The van der Waals surface area contributed by atoms with E-state index in [9.17, 15) is 18.4 Å². The van der Waals surface area contributed by atoms with E-state index in [-0.39, 0.29) is 18.0 Å². The minimum Gasteiger partial charge on any atom is -0.478 e. The third-order valence-corrected chi connectivity index (χ3v) is 3.51. The molecule has 1 aliphatic carbocycles. The highest BCUT2D eigenvalue weighted by molar-refractivity contribution is 5.99. The van der Waals surface area contributed by atoms with E-state index >= 15 is 0 Å². The minimum atomic E-state index is -2.99.